The van der Waals surface area contributed by atoms with Crippen LogP contribution in [0.1, 0.15) is 35.8 Å². The minimum absolute atomic E-state index is 0.240. The number of amidine groups is 1. The highest BCUT2D eigenvalue weighted by molar-refractivity contribution is 5.92. The lowest BCUT2D eigenvalue weighted by Gasteiger charge is -2.32. The van der Waals surface area contributed by atoms with Gasteiger partial charge in [0, 0.05) is 35.5 Å². The van der Waals surface area contributed by atoms with Crippen molar-refractivity contribution in [1.29, 1.82) is 0 Å². The van der Waals surface area contributed by atoms with Crippen molar-refractivity contribution in [2.24, 2.45) is 15.7 Å². The average molecular weight is 499 g/mol. The molecular weight excluding hydrogens is 468 g/mol. The number of aliphatic imine (C=N–C) groups is 2. The number of anilines is 2. The molecule has 2 aromatic carbocycles. The summed E-state index contributed by atoms with van der Waals surface area (Å²) in [5, 5.41) is 3.32. The number of pyridine rings is 1. The molecule has 3 aromatic rings. The highest BCUT2D eigenvalue weighted by atomic mass is 16.5. The van der Waals surface area contributed by atoms with Gasteiger partial charge in [-0.05, 0) is 67.9 Å². The summed E-state index contributed by atoms with van der Waals surface area (Å²) in [4.78, 5) is 15.5. The van der Waals surface area contributed by atoms with Crippen molar-refractivity contribution >= 4 is 29.4 Å². The lowest BCUT2D eigenvalue weighted by atomic mass is 9.95. The maximum absolute atomic E-state index is 6.73. The van der Waals surface area contributed by atoms with Gasteiger partial charge in [0.05, 0.1) is 38.0 Å². The summed E-state index contributed by atoms with van der Waals surface area (Å²) in [6.45, 7) is 6.03. The van der Waals surface area contributed by atoms with E-state index in [1.165, 1.54) is 0 Å². The lowest BCUT2D eigenvalue weighted by Crippen LogP contribution is -2.40. The van der Waals surface area contributed by atoms with E-state index in [1.807, 2.05) is 67.3 Å². The van der Waals surface area contributed by atoms with Gasteiger partial charge in [0.25, 0.3) is 6.02 Å². The zero-order valence-electron chi connectivity index (χ0n) is 21.0. The maximum atomic E-state index is 6.73. The van der Waals surface area contributed by atoms with Crippen LogP contribution >= 0.6 is 0 Å². The van der Waals surface area contributed by atoms with E-state index in [0.29, 0.717) is 31.5 Å². The predicted octanol–water partition coefficient (Wildman–Crippen LogP) is 4.98. The summed E-state index contributed by atoms with van der Waals surface area (Å²) < 4.78 is 17.7. The Balaban J connectivity index is 1.17. The summed E-state index contributed by atoms with van der Waals surface area (Å²) >= 11 is 0. The first kappa shape index (κ1) is 23.4. The van der Waals surface area contributed by atoms with Gasteiger partial charge in [0.1, 0.15) is 23.3 Å². The molecule has 37 heavy (non-hydrogen) atoms. The number of fused-ring (bicyclic) bond motifs is 1. The van der Waals surface area contributed by atoms with Crippen LogP contribution in [0, 0.1) is 13.8 Å². The second-order valence-corrected chi connectivity index (χ2v) is 9.70. The maximum Gasteiger partial charge on any atom is 0.289 e. The highest BCUT2D eigenvalue weighted by Gasteiger charge is 2.39. The van der Waals surface area contributed by atoms with Gasteiger partial charge in [-0.3, -0.25) is 4.98 Å². The van der Waals surface area contributed by atoms with Crippen LogP contribution in [-0.4, -0.2) is 42.7 Å². The number of hydrogen-bond donors (Lipinski definition) is 2. The Bertz CT molecular complexity index is 1360. The topological polar surface area (TPSA) is 107 Å². The van der Waals surface area contributed by atoms with E-state index in [9.17, 15) is 0 Å². The van der Waals surface area contributed by atoms with E-state index in [2.05, 4.69) is 20.3 Å². The van der Waals surface area contributed by atoms with Crippen LogP contribution in [0.25, 0.3) is 0 Å². The smallest absolute Gasteiger partial charge is 0.289 e. The Hall–Kier alpha value is -3.95. The Morgan fingerprint density at radius 2 is 1.95 bits per heavy atom. The van der Waals surface area contributed by atoms with Crippen molar-refractivity contribution in [3.63, 3.8) is 0 Å². The lowest BCUT2D eigenvalue weighted by molar-refractivity contribution is -0.0361. The molecule has 9 nitrogen and oxygen atoms in total. The number of nitrogens with zero attached hydrogens (tertiary/aromatic N) is 4. The number of aromatic nitrogens is 1. The quantitative estimate of drug-likeness (QED) is 0.523. The average Bonchev–Trinajstić information content (AvgIpc) is 3.28. The van der Waals surface area contributed by atoms with Gasteiger partial charge in [-0.2, -0.15) is 0 Å². The summed E-state index contributed by atoms with van der Waals surface area (Å²) in [6, 6.07) is 16.3. The van der Waals surface area contributed by atoms with E-state index in [4.69, 9.17) is 19.9 Å². The number of nitrogens with two attached hydrogens (primary N) is 1. The minimum Gasteiger partial charge on any atom is -0.456 e. The molecule has 0 amide bonds. The predicted molar refractivity (Wildman–Crippen MR) is 144 cm³/mol. The van der Waals surface area contributed by atoms with Crippen molar-refractivity contribution in [3.8, 4) is 11.5 Å². The van der Waals surface area contributed by atoms with Crippen molar-refractivity contribution in [1.82, 2.24) is 4.98 Å². The third-order valence-electron chi connectivity index (χ3n) is 7.02. The van der Waals surface area contributed by atoms with Crippen LogP contribution in [-0.2, 0) is 9.47 Å². The Kier molecular flexibility index (Phi) is 6.02. The molecule has 3 aliphatic heterocycles. The second-order valence-electron chi connectivity index (χ2n) is 9.70. The zero-order valence-corrected chi connectivity index (χ0v) is 21.0. The zero-order chi connectivity index (χ0) is 25.4. The number of ether oxygens (including phenoxy) is 3. The molecule has 0 bridgehead atoms. The van der Waals surface area contributed by atoms with E-state index in [1.54, 1.807) is 12.5 Å². The molecule has 9 heteroatoms. The molecule has 6 rings (SSSR count). The molecule has 3 aliphatic rings. The molecule has 1 saturated heterocycles. The number of nitrogens with one attached hydrogen (secondary N) is 1. The number of hydrogen-bond acceptors (Lipinski definition) is 9. The monoisotopic (exact) mass is 498 g/mol. The number of benzene rings is 2. The van der Waals surface area contributed by atoms with Crippen LogP contribution in [0.4, 0.5) is 17.1 Å². The second kappa shape index (κ2) is 9.49. The molecule has 4 heterocycles. The summed E-state index contributed by atoms with van der Waals surface area (Å²) in [5.74, 6) is 1.47. The van der Waals surface area contributed by atoms with Crippen LogP contribution in [0.3, 0.4) is 0 Å². The van der Waals surface area contributed by atoms with Crippen LogP contribution < -0.4 is 20.7 Å². The van der Waals surface area contributed by atoms with Crippen LogP contribution in [0.5, 0.6) is 11.5 Å². The minimum atomic E-state index is -0.407. The summed E-state index contributed by atoms with van der Waals surface area (Å²) in [6.07, 6.45) is 4.80. The van der Waals surface area contributed by atoms with Crippen molar-refractivity contribution in [3.05, 3.63) is 71.5 Å². The van der Waals surface area contributed by atoms with Gasteiger partial charge >= 0.3 is 0 Å². The van der Waals surface area contributed by atoms with Gasteiger partial charge in [-0.25, -0.2) is 9.98 Å². The van der Waals surface area contributed by atoms with Gasteiger partial charge in [0.2, 0.25) is 0 Å². The third-order valence-corrected chi connectivity index (χ3v) is 7.02. The van der Waals surface area contributed by atoms with Gasteiger partial charge in [-0.1, -0.05) is 0 Å². The van der Waals surface area contributed by atoms with Gasteiger partial charge in [-0.15, -0.1) is 0 Å². The molecular formula is C28H30N6O3. The van der Waals surface area contributed by atoms with E-state index >= 15 is 0 Å². The van der Waals surface area contributed by atoms with Crippen LogP contribution in [0.15, 0.2) is 64.7 Å². The van der Waals surface area contributed by atoms with Gasteiger partial charge in [0.15, 0.2) is 0 Å². The van der Waals surface area contributed by atoms with Crippen molar-refractivity contribution < 1.29 is 14.2 Å². The fourth-order valence-electron chi connectivity index (χ4n) is 4.79. The van der Waals surface area contributed by atoms with Crippen LogP contribution in [0.2, 0.25) is 0 Å². The third kappa shape index (κ3) is 4.75. The largest absolute Gasteiger partial charge is 0.456 e. The molecule has 0 saturated carbocycles. The molecule has 190 valence electrons. The standard InChI is InChI=1S/C28H30N6O3/c1-18-13-21(5-8-25(18)36-22-6-3-19(2)30-15-22)34-17-32-24-7-4-20(14-23(24)26(34)29)33-27-31-16-28(37-27)9-11-35-12-10-28/h3-8,13-15,17,26H,9-12,16,29H2,1-2H3,(H,31,33). The Morgan fingerprint density at radius 3 is 2.73 bits per heavy atom. The molecule has 1 fully saturated rings. The normalized spacial score (nSPS) is 19.8. The molecule has 1 unspecified atom stereocenters. The Labute approximate surface area is 216 Å². The number of rotatable bonds is 4. The van der Waals surface area contributed by atoms with E-state index in [0.717, 1.165) is 52.5 Å². The first-order valence-electron chi connectivity index (χ1n) is 12.5. The van der Waals surface area contributed by atoms with Gasteiger partial charge < -0.3 is 30.2 Å². The SMILES string of the molecule is Cc1ccc(Oc2ccc(N3C=Nc4ccc(NC5=NCC6(CCOCC6)O5)cc4C3N)cc2C)cn1. The molecule has 3 N–H and O–H groups in total. The van der Waals surface area contributed by atoms with Crippen molar-refractivity contribution in [2.75, 3.05) is 30.0 Å². The van der Waals surface area contributed by atoms with E-state index in [-0.39, 0.29) is 5.60 Å². The van der Waals surface area contributed by atoms with Crippen molar-refractivity contribution in [2.45, 2.75) is 38.5 Å². The molecule has 1 spiro atoms. The summed E-state index contributed by atoms with van der Waals surface area (Å²) in [5.41, 5.74) is 12.0. The first-order valence-corrected chi connectivity index (χ1v) is 12.5. The molecule has 1 atom stereocenters. The fraction of sp³-hybridized carbons (Fsp3) is 0.321. The molecule has 0 aliphatic carbocycles. The number of aryl methyl sites for hydroxylation is 2. The van der Waals surface area contributed by atoms with E-state index < -0.39 is 6.17 Å². The summed E-state index contributed by atoms with van der Waals surface area (Å²) in [7, 11) is 0. The Morgan fingerprint density at radius 1 is 1.08 bits per heavy atom. The molecule has 0 radical (unpaired) electrons. The highest BCUT2D eigenvalue weighted by Crippen LogP contribution is 2.37. The fourth-order valence-corrected chi connectivity index (χ4v) is 4.79. The first-order chi connectivity index (χ1) is 18.0. The molecule has 1 aromatic heterocycles.